The molecule has 2 amide bonds. The van der Waals surface area contributed by atoms with Crippen LogP contribution in [0.2, 0.25) is 0 Å². The lowest BCUT2D eigenvalue weighted by Gasteiger charge is -2.26. The summed E-state index contributed by atoms with van der Waals surface area (Å²) in [5.74, 6) is -13.0. The summed E-state index contributed by atoms with van der Waals surface area (Å²) in [4.78, 5) is 30.6. The van der Waals surface area contributed by atoms with Gasteiger partial charge in [-0.1, -0.05) is 18.2 Å². The van der Waals surface area contributed by atoms with Crippen molar-refractivity contribution in [2.75, 3.05) is 6.54 Å². The zero-order valence-corrected chi connectivity index (χ0v) is 20.2. The fourth-order valence-corrected chi connectivity index (χ4v) is 4.32. The highest BCUT2D eigenvalue weighted by Gasteiger charge is 2.35. The van der Waals surface area contributed by atoms with Gasteiger partial charge in [0.05, 0.1) is 5.69 Å². The number of nitrogens with zero attached hydrogens (tertiary/aromatic N) is 4. The molecule has 7 nitrogen and oxygen atoms in total. The van der Waals surface area contributed by atoms with Gasteiger partial charge >= 0.3 is 0 Å². The molecule has 3 heterocycles. The van der Waals surface area contributed by atoms with Crippen LogP contribution in [0.3, 0.4) is 0 Å². The average Bonchev–Trinajstić information content (AvgIpc) is 3.47. The molecule has 1 aliphatic heterocycles. The molecule has 0 saturated heterocycles. The Balaban J connectivity index is 1.78. The Labute approximate surface area is 216 Å². The van der Waals surface area contributed by atoms with Crippen molar-refractivity contribution in [3.05, 3.63) is 87.9 Å². The largest absolute Gasteiger partial charge is 0.434 e. The van der Waals surface area contributed by atoms with Crippen LogP contribution in [0, 0.1) is 40.4 Å². The summed E-state index contributed by atoms with van der Waals surface area (Å²) in [5.41, 5.74) is -0.813. The SMILES string of the molecule is CCN1C(=O)C(C#N)=C(C)/C(=C/c2cc3oc(-c4c(F)c(F)c(F)c(F)c4F)nc3n2-c2ccccc2)C1=O. The maximum Gasteiger partial charge on any atom is 0.271 e. The topological polar surface area (TPSA) is 92.1 Å². The number of hydrogen-bond acceptors (Lipinski definition) is 5. The Morgan fingerprint density at radius 1 is 0.974 bits per heavy atom. The van der Waals surface area contributed by atoms with E-state index in [1.165, 1.54) is 23.6 Å². The van der Waals surface area contributed by atoms with Crippen LogP contribution in [0.25, 0.3) is 34.4 Å². The number of likely N-dealkylation sites (N-methyl/N-ethyl adjacent to an activating group) is 1. The lowest BCUT2D eigenvalue weighted by Crippen LogP contribution is -2.42. The number of halogens is 5. The van der Waals surface area contributed by atoms with Crippen LogP contribution in [0.1, 0.15) is 19.5 Å². The maximum atomic E-state index is 14.5. The number of hydrogen-bond donors (Lipinski definition) is 0. The van der Waals surface area contributed by atoms with E-state index < -0.39 is 52.4 Å². The van der Waals surface area contributed by atoms with Crippen molar-refractivity contribution in [1.29, 1.82) is 5.26 Å². The second-order valence-electron chi connectivity index (χ2n) is 8.42. The summed E-state index contributed by atoms with van der Waals surface area (Å²) in [5, 5.41) is 9.51. The monoisotopic (exact) mass is 538 g/mol. The molecule has 0 bridgehead atoms. The Morgan fingerprint density at radius 2 is 1.59 bits per heavy atom. The quantitative estimate of drug-likeness (QED) is 0.111. The van der Waals surface area contributed by atoms with Crippen LogP contribution >= 0.6 is 0 Å². The molecule has 0 saturated carbocycles. The molecule has 0 fully saturated rings. The molecule has 0 radical (unpaired) electrons. The highest BCUT2D eigenvalue weighted by molar-refractivity contribution is 6.19. The van der Waals surface area contributed by atoms with E-state index in [4.69, 9.17) is 4.42 Å². The van der Waals surface area contributed by atoms with E-state index in [0.717, 1.165) is 4.90 Å². The Hall–Kier alpha value is -5.05. The van der Waals surface area contributed by atoms with Crippen LogP contribution in [0.5, 0.6) is 0 Å². The molecule has 196 valence electrons. The number of aromatic nitrogens is 2. The van der Waals surface area contributed by atoms with Crippen molar-refractivity contribution in [2.24, 2.45) is 0 Å². The van der Waals surface area contributed by atoms with Gasteiger partial charge in [0.2, 0.25) is 11.7 Å². The molecule has 0 unspecified atom stereocenters. The van der Waals surface area contributed by atoms with E-state index >= 15 is 0 Å². The molecule has 5 rings (SSSR count). The van der Waals surface area contributed by atoms with E-state index in [0.29, 0.717) is 5.69 Å². The van der Waals surface area contributed by atoms with Gasteiger partial charge in [0.25, 0.3) is 11.8 Å². The minimum atomic E-state index is -2.32. The van der Waals surface area contributed by atoms with Crippen LogP contribution in [-0.2, 0) is 9.59 Å². The number of amides is 2. The Bertz CT molecular complexity index is 1780. The van der Waals surface area contributed by atoms with Gasteiger partial charge in [-0.2, -0.15) is 10.2 Å². The molecule has 2 aromatic heterocycles. The van der Waals surface area contributed by atoms with Crippen molar-refractivity contribution >= 4 is 29.1 Å². The van der Waals surface area contributed by atoms with Gasteiger partial charge in [-0.05, 0) is 37.6 Å². The summed E-state index contributed by atoms with van der Waals surface area (Å²) < 4.78 is 77.0. The van der Waals surface area contributed by atoms with Gasteiger partial charge in [-0.25, -0.2) is 22.0 Å². The summed E-state index contributed by atoms with van der Waals surface area (Å²) in [6.07, 6.45) is 1.40. The van der Waals surface area contributed by atoms with Crippen molar-refractivity contribution in [3.8, 4) is 23.2 Å². The van der Waals surface area contributed by atoms with Gasteiger partial charge < -0.3 is 4.42 Å². The predicted molar refractivity (Wildman–Crippen MR) is 127 cm³/mol. The fraction of sp³-hybridized carbons (Fsp3) is 0.111. The average molecular weight is 538 g/mol. The fourth-order valence-electron chi connectivity index (χ4n) is 4.32. The summed E-state index contributed by atoms with van der Waals surface area (Å²) in [6.45, 7) is 3.04. The first-order valence-corrected chi connectivity index (χ1v) is 11.4. The molecule has 0 atom stereocenters. The molecule has 0 N–H and O–H groups in total. The summed E-state index contributed by atoms with van der Waals surface area (Å²) in [6, 6.07) is 11.5. The molecule has 2 aromatic carbocycles. The van der Waals surface area contributed by atoms with E-state index in [-0.39, 0.29) is 40.2 Å². The van der Waals surface area contributed by atoms with E-state index in [2.05, 4.69) is 4.98 Å². The number of carbonyl (C=O) groups is 2. The van der Waals surface area contributed by atoms with Gasteiger partial charge in [-0.3, -0.25) is 19.1 Å². The van der Waals surface area contributed by atoms with Crippen LogP contribution in [-0.4, -0.2) is 32.8 Å². The Kier molecular flexibility index (Phi) is 6.14. The Morgan fingerprint density at radius 3 is 2.18 bits per heavy atom. The first kappa shape index (κ1) is 25.6. The molecule has 0 aliphatic carbocycles. The minimum Gasteiger partial charge on any atom is -0.434 e. The number of imide groups is 1. The predicted octanol–water partition coefficient (Wildman–Crippen LogP) is 5.59. The number of rotatable bonds is 4. The minimum absolute atomic E-state index is 0.0162. The number of fused-ring (bicyclic) bond motifs is 1. The molecule has 1 aliphatic rings. The third-order valence-corrected chi connectivity index (χ3v) is 6.26. The molecular weight excluding hydrogens is 523 g/mol. The molecular formula is C27H15F5N4O3. The normalized spacial score (nSPS) is 15.1. The first-order chi connectivity index (χ1) is 18.6. The van der Waals surface area contributed by atoms with Gasteiger partial charge in [0.15, 0.2) is 34.5 Å². The lowest BCUT2D eigenvalue weighted by molar-refractivity contribution is -0.140. The van der Waals surface area contributed by atoms with E-state index in [9.17, 15) is 36.8 Å². The third kappa shape index (κ3) is 3.82. The smallest absolute Gasteiger partial charge is 0.271 e. The van der Waals surface area contributed by atoms with Crippen molar-refractivity contribution in [3.63, 3.8) is 0 Å². The van der Waals surface area contributed by atoms with Crippen LogP contribution in [0.4, 0.5) is 22.0 Å². The lowest BCUT2D eigenvalue weighted by atomic mass is 9.94. The van der Waals surface area contributed by atoms with Gasteiger partial charge in [0, 0.05) is 23.9 Å². The van der Waals surface area contributed by atoms with Crippen molar-refractivity contribution < 1.29 is 36.0 Å². The zero-order chi connectivity index (χ0) is 28.2. The van der Waals surface area contributed by atoms with E-state index in [1.807, 2.05) is 6.07 Å². The summed E-state index contributed by atoms with van der Waals surface area (Å²) >= 11 is 0. The van der Waals surface area contributed by atoms with Crippen molar-refractivity contribution in [1.82, 2.24) is 14.5 Å². The number of benzene rings is 2. The zero-order valence-electron chi connectivity index (χ0n) is 20.2. The second-order valence-corrected chi connectivity index (χ2v) is 8.42. The molecule has 4 aromatic rings. The number of para-hydroxylation sites is 1. The second kappa shape index (κ2) is 9.36. The summed E-state index contributed by atoms with van der Waals surface area (Å²) in [7, 11) is 0. The number of nitriles is 1. The van der Waals surface area contributed by atoms with Gasteiger partial charge in [0.1, 0.15) is 17.2 Å². The third-order valence-electron chi connectivity index (χ3n) is 6.26. The van der Waals surface area contributed by atoms with Crippen molar-refractivity contribution in [2.45, 2.75) is 13.8 Å². The van der Waals surface area contributed by atoms with Crippen LogP contribution < -0.4 is 0 Å². The first-order valence-electron chi connectivity index (χ1n) is 11.4. The molecule has 0 spiro atoms. The van der Waals surface area contributed by atoms with E-state index in [1.54, 1.807) is 37.3 Å². The standard InChI is InChI=1S/C27H15F5N4O3/c1-3-35-26(37)15(12(2)16(11-33)27(35)38)9-14-10-17-24(36(14)13-7-5-4-6-8-13)34-25(39-17)18-19(28)21(30)23(32)22(31)20(18)29/h4-10H,3H2,1-2H3/b15-9-. The number of carbonyl (C=O) groups excluding carboxylic acids is 2. The molecule has 12 heteroatoms. The highest BCUT2D eigenvalue weighted by Crippen LogP contribution is 2.36. The maximum absolute atomic E-state index is 14.5. The highest BCUT2D eigenvalue weighted by atomic mass is 19.2. The van der Waals surface area contributed by atoms with Crippen LogP contribution in [0.15, 0.2) is 57.5 Å². The van der Waals surface area contributed by atoms with Gasteiger partial charge in [-0.15, -0.1) is 0 Å². The molecule has 39 heavy (non-hydrogen) atoms. The number of oxazole rings is 1.